The number of anilines is 1. The number of aromatic nitrogens is 4. The summed E-state index contributed by atoms with van der Waals surface area (Å²) in [6.07, 6.45) is -2.59. The van der Waals surface area contributed by atoms with Gasteiger partial charge in [-0.1, -0.05) is 0 Å². The highest BCUT2D eigenvalue weighted by molar-refractivity contribution is 5.94. The molecule has 0 aliphatic heterocycles. The van der Waals surface area contributed by atoms with Gasteiger partial charge in [0.1, 0.15) is 17.5 Å². The van der Waals surface area contributed by atoms with E-state index in [2.05, 4.69) is 25.0 Å². The average Bonchev–Trinajstić information content (AvgIpc) is 3.19. The summed E-state index contributed by atoms with van der Waals surface area (Å²) in [4.78, 5) is 23.3. The number of hydrogen-bond donors (Lipinski definition) is 1. The van der Waals surface area contributed by atoms with E-state index >= 15 is 0 Å². The summed E-state index contributed by atoms with van der Waals surface area (Å²) in [6, 6.07) is 6.77. The quantitative estimate of drug-likeness (QED) is 0.347. The molecule has 1 N–H and O–H groups in total. The van der Waals surface area contributed by atoms with Crippen molar-refractivity contribution in [1.29, 1.82) is 0 Å². The number of nitrogens with zero attached hydrogens (tertiary/aromatic N) is 4. The number of methoxy groups -OCH3 is 1. The van der Waals surface area contributed by atoms with E-state index in [9.17, 15) is 26.7 Å². The molecule has 2 heterocycles. The van der Waals surface area contributed by atoms with E-state index in [1.165, 1.54) is 18.2 Å². The van der Waals surface area contributed by atoms with Gasteiger partial charge >= 0.3 is 12.1 Å². The zero-order valence-electron chi connectivity index (χ0n) is 16.8. The molecule has 0 bridgehead atoms. The highest BCUT2D eigenvalue weighted by Crippen LogP contribution is 2.33. The highest BCUT2D eigenvalue weighted by Gasteiger charge is 2.38. The lowest BCUT2D eigenvalue weighted by atomic mass is 10.2. The number of benzene rings is 2. The van der Waals surface area contributed by atoms with Crippen molar-refractivity contribution < 1.29 is 31.5 Å². The van der Waals surface area contributed by atoms with Crippen LogP contribution in [0, 0.1) is 11.6 Å². The normalized spacial score (nSPS) is 11.6. The second kappa shape index (κ2) is 8.45. The van der Waals surface area contributed by atoms with Crippen LogP contribution < -0.4 is 5.32 Å². The Morgan fingerprint density at radius 2 is 1.88 bits per heavy atom. The van der Waals surface area contributed by atoms with Gasteiger partial charge in [0.25, 0.3) is 0 Å². The standard InChI is InChI=1S/C21H14F5N5O2/c1-33-19(32)11-2-5-16-15(7-11)30-20(21(24,25)26)31(16)18-10-28-17(9-29-18)27-8-12-6-13(22)3-4-14(12)23/h2-7,9-10H,8H2,1H3,(H,27,28). The molecule has 0 atom stereocenters. The first kappa shape index (κ1) is 22.1. The van der Waals surface area contributed by atoms with Gasteiger partial charge in [-0.25, -0.2) is 28.5 Å². The van der Waals surface area contributed by atoms with Crippen LogP contribution in [-0.2, 0) is 17.5 Å². The fraction of sp³-hybridized carbons (Fsp3) is 0.143. The second-order valence-electron chi connectivity index (χ2n) is 6.81. The molecule has 0 aliphatic carbocycles. The molecule has 0 saturated heterocycles. The summed E-state index contributed by atoms with van der Waals surface area (Å²) in [5.41, 5.74) is 0.0449. The molecule has 33 heavy (non-hydrogen) atoms. The number of carbonyl (C=O) groups excluding carboxylic acids is 1. The number of esters is 1. The first-order chi connectivity index (χ1) is 15.7. The Balaban J connectivity index is 1.67. The Kier molecular flexibility index (Phi) is 5.66. The van der Waals surface area contributed by atoms with E-state index in [1.54, 1.807) is 0 Å². The third-order valence-electron chi connectivity index (χ3n) is 4.66. The molecule has 0 unspecified atom stereocenters. The van der Waals surface area contributed by atoms with Gasteiger partial charge in [0.15, 0.2) is 5.82 Å². The lowest BCUT2D eigenvalue weighted by Gasteiger charge is -2.11. The van der Waals surface area contributed by atoms with Crippen molar-refractivity contribution in [1.82, 2.24) is 19.5 Å². The van der Waals surface area contributed by atoms with Crippen LogP contribution in [0.1, 0.15) is 21.7 Å². The predicted molar refractivity (Wildman–Crippen MR) is 107 cm³/mol. The fourth-order valence-electron chi connectivity index (χ4n) is 3.14. The molecule has 0 fully saturated rings. The van der Waals surface area contributed by atoms with Gasteiger partial charge in [-0.3, -0.25) is 4.57 Å². The van der Waals surface area contributed by atoms with E-state index in [0.29, 0.717) is 0 Å². The fourth-order valence-corrected chi connectivity index (χ4v) is 3.14. The molecule has 2 aromatic carbocycles. The summed E-state index contributed by atoms with van der Waals surface area (Å²) in [5, 5.41) is 2.73. The molecule has 0 aliphatic rings. The number of nitrogens with one attached hydrogen (secondary N) is 1. The van der Waals surface area contributed by atoms with E-state index < -0.39 is 29.6 Å². The SMILES string of the molecule is COC(=O)c1ccc2c(c1)nc(C(F)(F)F)n2-c1cnc(NCc2cc(F)ccc2F)cn1. The number of fused-ring (bicyclic) bond motifs is 1. The Hall–Kier alpha value is -4.09. The van der Waals surface area contributed by atoms with Crippen molar-refractivity contribution in [2.24, 2.45) is 0 Å². The van der Waals surface area contributed by atoms with Gasteiger partial charge in [0.2, 0.25) is 5.82 Å². The third-order valence-corrected chi connectivity index (χ3v) is 4.66. The Morgan fingerprint density at radius 3 is 2.55 bits per heavy atom. The van der Waals surface area contributed by atoms with Gasteiger partial charge in [-0.15, -0.1) is 0 Å². The zero-order valence-corrected chi connectivity index (χ0v) is 16.8. The predicted octanol–water partition coefficient (Wildman–Crippen LogP) is 4.51. The van der Waals surface area contributed by atoms with Crippen LogP contribution in [0.25, 0.3) is 16.9 Å². The Labute approximate surface area is 182 Å². The van der Waals surface area contributed by atoms with Gasteiger partial charge in [0.05, 0.1) is 36.1 Å². The first-order valence-corrected chi connectivity index (χ1v) is 9.35. The van der Waals surface area contributed by atoms with Crippen molar-refractivity contribution in [2.45, 2.75) is 12.7 Å². The van der Waals surface area contributed by atoms with Crippen LogP contribution in [0.3, 0.4) is 0 Å². The summed E-state index contributed by atoms with van der Waals surface area (Å²) in [5.74, 6) is -3.26. The monoisotopic (exact) mass is 463 g/mol. The van der Waals surface area contributed by atoms with E-state index in [4.69, 9.17) is 0 Å². The largest absolute Gasteiger partial charge is 0.465 e. The molecule has 4 rings (SSSR count). The van der Waals surface area contributed by atoms with Crippen molar-refractivity contribution in [2.75, 3.05) is 12.4 Å². The molecule has 0 saturated carbocycles. The number of alkyl halides is 3. The second-order valence-corrected chi connectivity index (χ2v) is 6.81. The first-order valence-electron chi connectivity index (χ1n) is 9.35. The van der Waals surface area contributed by atoms with Crippen LogP contribution in [0.15, 0.2) is 48.8 Å². The van der Waals surface area contributed by atoms with Crippen molar-refractivity contribution in [3.8, 4) is 5.82 Å². The molecule has 7 nitrogen and oxygen atoms in total. The molecule has 0 amide bonds. The summed E-state index contributed by atoms with van der Waals surface area (Å²) in [7, 11) is 1.15. The third kappa shape index (κ3) is 4.45. The van der Waals surface area contributed by atoms with Crippen molar-refractivity contribution in [3.05, 3.63) is 77.4 Å². The summed E-state index contributed by atoms with van der Waals surface area (Å²) >= 11 is 0. The topological polar surface area (TPSA) is 81.9 Å². The maximum Gasteiger partial charge on any atom is 0.450 e. The molecule has 0 spiro atoms. The maximum absolute atomic E-state index is 13.7. The minimum atomic E-state index is -4.82. The molecule has 170 valence electrons. The van der Waals surface area contributed by atoms with E-state index in [-0.39, 0.29) is 40.3 Å². The molecule has 12 heteroatoms. The average molecular weight is 463 g/mol. The van der Waals surface area contributed by atoms with Gasteiger partial charge in [-0.2, -0.15) is 13.2 Å². The Morgan fingerprint density at radius 1 is 1.09 bits per heavy atom. The molecular formula is C21H14F5N5O2. The van der Waals surface area contributed by atoms with Crippen LogP contribution in [0.5, 0.6) is 0 Å². The minimum absolute atomic E-state index is 0.0404. The highest BCUT2D eigenvalue weighted by atomic mass is 19.4. The van der Waals surface area contributed by atoms with Crippen LogP contribution in [0.2, 0.25) is 0 Å². The Bertz CT molecular complexity index is 1340. The van der Waals surface area contributed by atoms with Crippen molar-refractivity contribution >= 4 is 22.8 Å². The summed E-state index contributed by atoms with van der Waals surface area (Å²) in [6.45, 7) is -0.115. The smallest absolute Gasteiger partial charge is 0.450 e. The number of ether oxygens (including phenoxy) is 1. The number of rotatable bonds is 5. The minimum Gasteiger partial charge on any atom is -0.465 e. The molecule has 0 radical (unpaired) electrons. The van der Waals surface area contributed by atoms with E-state index in [1.807, 2.05) is 0 Å². The van der Waals surface area contributed by atoms with Crippen LogP contribution in [-0.4, -0.2) is 32.6 Å². The van der Waals surface area contributed by atoms with Gasteiger partial charge < -0.3 is 10.1 Å². The molecule has 4 aromatic rings. The number of carbonyl (C=O) groups is 1. The lowest BCUT2D eigenvalue weighted by molar-refractivity contribution is -0.145. The number of halogens is 5. The van der Waals surface area contributed by atoms with E-state index in [0.717, 1.165) is 42.3 Å². The number of imidazole rings is 1. The van der Waals surface area contributed by atoms with Crippen LogP contribution in [0.4, 0.5) is 27.8 Å². The number of hydrogen-bond acceptors (Lipinski definition) is 6. The van der Waals surface area contributed by atoms with Crippen LogP contribution >= 0.6 is 0 Å². The zero-order chi connectivity index (χ0) is 23.8. The summed E-state index contributed by atoms with van der Waals surface area (Å²) < 4.78 is 73.3. The molecular weight excluding hydrogens is 449 g/mol. The molecule has 2 aromatic heterocycles. The van der Waals surface area contributed by atoms with Gasteiger partial charge in [-0.05, 0) is 36.4 Å². The maximum atomic E-state index is 13.7. The van der Waals surface area contributed by atoms with Crippen molar-refractivity contribution in [3.63, 3.8) is 0 Å². The van der Waals surface area contributed by atoms with Gasteiger partial charge in [0, 0.05) is 12.1 Å². The lowest BCUT2D eigenvalue weighted by Crippen LogP contribution is -2.15.